The van der Waals surface area contributed by atoms with Crippen LogP contribution >= 0.6 is 0 Å². The van der Waals surface area contributed by atoms with Gasteiger partial charge in [-0.25, -0.2) is 18.4 Å². The second kappa shape index (κ2) is 9.50. The number of piperazine rings is 1. The van der Waals surface area contributed by atoms with Crippen LogP contribution < -0.4 is 10.2 Å². The summed E-state index contributed by atoms with van der Waals surface area (Å²) in [7, 11) is -3.47. The molecule has 1 saturated heterocycles. The minimum Gasteiger partial charge on any atom is -0.354 e. The van der Waals surface area contributed by atoms with E-state index in [2.05, 4.69) is 20.2 Å². The van der Waals surface area contributed by atoms with Gasteiger partial charge in [-0.3, -0.25) is 0 Å². The number of hydrogen-bond acceptors (Lipinski definition) is 6. The highest BCUT2D eigenvalue weighted by Gasteiger charge is 2.26. The fourth-order valence-electron chi connectivity index (χ4n) is 3.55. The lowest BCUT2D eigenvalue weighted by molar-refractivity contribution is 0.388. The molecule has 2 heterocycles. The Bertz CT molecular complexity index is 1190. The van der Waals surface area contributed by atoms with Gasteiger partial charge in [0.15, 0.2) is 0 Å². The van der Waals surface area contributed by atoms with Gasteiger partial charge in [0.1, 0.15) is 17.5 Å². The Morgan fingerprint density at radius 2 is 1.59 bits per heavy atom. The molecule has 0 unspecified atom stereocenters. The van der Waals surface area contributed by atoms with Gasteiger partial charge >= 0.3 is 0 Å². The van der Waals surface area contributed by atoms with E-state index < -0.39 is 10.0 Å². The Hall–Kier alpha value is -3.23. The number of hydrogen-bond donors (Lipinski definition) is 1. The van der Waals surface area contributed by atoms with E-state index in [1.54, 1.807) is 6.08 Å². The summed E-state index contributed by atoms with van der Waals surface area (Å²) in [6.45, 7) is 5.86. The van der Waals surface area contributed by atoms with Gasteiger partial charge in [0.05, 0.1) is 0 Å². The zero-order valence-electron chi connectivity index (χ0n) is 18.3. The number of benzene rings is 2. The summed E-state index contributed by atoms with van der Waals surface area (Å²) < 4.78 is 27.0. The zero-order valence-corrected chi connectivity index (χ0v) is 19.1. The van der Waals surface area contributed by atoms with Crippen molar-refractivity contribution in [2.24, 2.45) is 0 Å². The summed E-state index contributed by atoms with van der Waals surface area (Å²) >= 11 is 0. The summed E-state index contributed by atoms with van der Waals surface area (Å²) in [5.41, 5.74) is 3.02. The minimum atomic E-state index is -3.47. The monoisotopic (exact) mass is 449 g/mol. The Labute approximate surface area is 189 Å². The van der Waals surface area contributed by atoms with Crippen LogP contribution in [0.4, 0.5) is 17.3 Å². The molecule has 1 N–H and O–H groups in total. The second-order valence-electron chi connectivity index (χ2n) is 7.79. The summed E-state index contributed by atoms with van der Waals surface area (Å²) in [6.07, 6.45) is 1.64. The number of aryl methyl sites for hydroxylation is 2. The van der Waals surface area contributed by atoms with Crippen LogP contribution in [0.3, 0.4) is 0 Å². The standard InChI is InChI=1S/C24H27N5O2S/c1-19-8-10-22(11-9-19)27-23-18-24(26-20(2)25-23)28-13-15-29(16-14-28)32(30,31)17-12-21-6-4-3-5-7-21/h3-12,17-18H,13-16H2,1-2H3,(H,25,26,27)/b17-12+. The molecule has 0 aliphatic carbocycles. The fraction of sp³-hybridized carbons (Fsp3) is 0.250. The van der Waals surface area contributed by atoms with Crippen LogP contribution in [0.2, 0.25) is 0 Å². The van der Waals surface area contributed by atoms with E-state index in [-0.39, 0.29) is 0 Å². The summed E-state index contributed by atoms with van der Waals surface area (Å²) in [5, 5.41) is 4.61. The van der Waals surface area contributed by atoms with Gasteiger partial charge in [0.25, 0.3) is 0 Å². The third kappa shape index (κ3) is 5.52. The molecule has 0 radical (unpaired) electrons. The van der Waals surface area contributed by atoms with Crippen molar-refractivity contribution in [2.75, 3.05) is 36.4 Å². The van der Waals surface area contributed by atoms with Crippen molar-refractivity contribution in [3.63, 3.8) is 0 Å². The highest BCUT2D eigenvalue weighted by Crippen LogP contribution is 2.22. The zero-order chi connectivity index (χ0) is 22.6. The van der Waals surface area contributed by atoms with Crippen molar-refractivity contribution >= 4 is 33.4 Å². The lowest BCUT2D eigenvalue weighted by Crippen LogP contribution is -2.48. The van der Waals surface area contributed by atoms with Crippen LogP contribution in [-0.4, -0.2) is 48.9 Å². The van der Waals surface area contributed by atoms with Gasteiger partial charge in [-0.2, -0.15) is 4.31 Å². The molecular weight excluding hydrogens is 422 g/mol. The second-order valence-corrected chi connectivity index (χ2v) is 9.61. The molecular formula is C24H27N5O2S. The van der Waals surface area contributed by atoms with Gasteiger partial charge in [0.2, 0.25) is 10.0 Å². The van der Waals surface area contributed by atoms with Crippen LogP contribution in [0, 0.1) is 13.8 Å². The topological polar surface area (TPSA) is 78.4 Å². The molecule has 7 nitrogen and oxygen atoms in total. The van der Waals surface area contributed by atoms with Crippen molar-refractivity contribution < 1.29 is 8.42 Å². The number of anilines is 3. The predicted octanol–water partition coefficient (Wildman–Crippen LogP) is 3.96. The van der Waals surface area contributed by atoms with Crippen LogP contribution in [0.1, 0.15) is 17.0 Å². The van der Waals surface area contributed by atoms with E-state index in [0.717, 1.165) is 22.9 Å². The van der Waals surface area contributed by atoms with E-state index in [1.165, 1.54) is 15.3 Å². The number of aromatic nitrogens is 2. The van der Waals surface area contributed by atoms with Gasteiger partial charge in [0, 0.05) is 43.3 Å². The first-order valence-corrected chi connectivity index (χ1v) is 12.1. The average molecular weight is 450 g/mol. The number of nitrogens with one attached hydrogen (secondary N) is 1. The number of nitrogens with zero attached hydrogens (tertiary/aromatic N) is 4. The lowest BCUT2D eigenvalue weighted by Gasteiger charge is -2.34. The lowest BCUT2D eigenvalue weighted by atomic mass is 10.2. The first-order valence-electron chi connectivity index (χ1n) is 10.6. The van der Waals surface area contributed by atoms with Crippen LogP contribution in [0.5, 0.6) is 0 Å². The molecule has 8 heteroatoms. The smallest absolute Gasteiger partial charge is 0.236 e. The summed E-state index contributed by atoms with van der Waals surface area (Å²) in [6, 6.07) is 19.5. The Morgan fingerprint density at radius 1 is 0.906 bits per heavy atom. The maximum Gasteiger partial charge on any atom is 0.236 e. The van der Waals surface area contributed by atoms with Crippen LogP contribution in [0.25, 0.3) is 6.08 Å². The van der Waals surface area contributed by atoms with Crippen molar-refractivity contribution in [3.05, 3.63) is 83.0 Å². The third-order valence-electron chi connectivity index (χ3n) is 5.30. The molecule has 166 valence electrons. The Morgan fingerprint density at radius 3 is 2.28 bits per heavy atom. The highest BCUT2D eigenvalue weighted by atomic mass is 32.2. The largest absolute Gasteiger partial charge is 0.354 e. The molecule has 32 heavy (non-hydrogen) atoms. The predicted molar refractivity (Wildman–Crippen MR) is 129 cm³/mol. The molecule has 1 aromatic heterocycles. The average Bonchev–Trinajstić information content (AvgIpc) is 2.80. The van der Waals surface area contributed by atoms with E-state index in [9.17, 15) is 8.42 Å². The molecule has 2 aromatic carbocycles. The van der Waals surface area contributed by atoms with Crippen LogP contribution in [0.15, 0.2) is 66.1 Å². The van der Waals surface area contributed by atoms with E-state index in [0.29, 0.717) is 32.0 Å². The Kier molecular flexibility index (Phi) is 6.53. The SMILES string of the molecule is Cc1ccc(Nc2cc(N3CCN(S(=O)(=O)/C=C/c4ccccc4)CC3)nc(C)n2)cc1. The third-order valence-corrected chi connectivity index (χ3v) is 6.87. The van der Waals surface area contributed by atoms with Crippen molar-refractivity contribution in [1.82, 2.24) is 14.3 Å². The molecule has 4 rings (SSSR count). The van der Waals surface area contributed by atoms with Gasteiger partial charge in [-0.1, -0.05) is 48.0 Å². The van der Waals surface area contributed by atoms with E-state index in [1.807, 2.05) is 74.5 Å². The molecule has 1 aliphatic rings. The molecule has 1 fully saturated rings. The first-order chi connectivity index (χ1) is 15.4. The minimum absolute atomic E-state index is 0.408. The normalized spacial score (nSPS) is 15.2. The van der Waals surface area contributed by atoms with E-state index >= 15 is 0 Å². The quantitative estimate of drug-likeness (QED) is 0.614. The molecule has 0 bridgehead atoms. The van der Waals surface area contributed by atoms with Crippen molar-refractivity contribution in [3.8, 4) is 0 Å². The van der Waals surface area contributed by atoms with Gasteiger partial charge < -0.3 is 10.2 Å². The molecule has 0 saturated carbocycles. The van der Waals surface area contributed by atoms with E-state index in [4.69, 9.17) is 0 Å². The molecule has 3 aromatic rings. The number of sulfonamides is 1. The fourth-order valence-corrected chi connectivity index (χ4v) is 4.72. The molecule has 0 amide bonds. The molecule has 0 spiro atoms. The summed E-state index contributed by atoms with van der Waals surface area (Å²) in [4.78, 5) is 11.2. The maximum atomic E-state index is 12.7. The van der Waals surface area contributed by atoms with Gasteiger partial charge in [-0.15, -0.1) is 0 Å². The highest BCUT2D eigenvalue weighted by molar-refractivity contribution is 7.92. The van der Waals surface area contributed by atoms with Crippen molar-refractivity contribution in [2.45, 2.75) is 13.8 Å². The summed E-state index contributed by atoms with van der Waals surface area (Å²) in [5.74, 6) is 2.18. The molecule has 1 aliphatic heterocycles. The number of rotatable bonds is 6. The Balaban J connectivity index is 1.42. The van der Waals surface area contributed by atoms with Crippen molar-refractivity contribution in [1.29, 1.82) is 0 Å². The first kappa shape index (κ1) is 22.0. The molecule has 0 atom stereocenters. The van der Waals surface area contributed by atoms with Crippen LogP contribution in [-0.2, 0) is 10.0 Å². The van der Waals surface area contributed by atoms with Gasteiger partial charge in [-0.05, 0) is 37.6 Å². The maximum absolute atomic E-state index is 12.7.